The highest BCUT2D eigenvalue weighted by Gasteiger charge is 2.13. The molecule has 4 rings (SSSR count). The molecule has 0 spiro atoms. The summed E-state index contributed by atoms with van der Waals surface area (Å²) in [5, 5.41) is 3.99. The fourth-order valence-electron chi connectivity index (χ4n) is 3.30. The zero-order chi connectivity index (χ0) is 20.2. The number of aromatic nitrogens is 2. The Hall–Kier alpha value is -3.05. The van der Waals surface area contributed by atoms with Crippen LogP contribution in [0.1, 0.15) is 30.0 Å². The standard InChI is InChI=1S/C24H23N3OS/c1-3-17-9-11-18(12-10-17)13-14-22(28)26-20-7-4-6-19(16(20)2)23-27-21-8-5-15-25-24(21)29-23/h4-12,15H,3,13-14H2,1-2H3,(H,26,28). The molecule has 0 aliphatic rings. The lowest BCUT2D eigenvalue weighted by molar-refractivity contribution is -0.116. The zero-order valence-corrected chi connectivity index (χ0v) is 17.4. The van der Waals surface area contributed by atoms with Crippen LogP contribution in [0.15, 0.2) is 60.8 Å². The number of fused-ring (bicyclic) bond motifs is 1. The molecule has 0 saturated carbocycles. The molecule has 0 aliphatic carbocycles. The highest BCUT2D eigenvalue weighted by Crippen LogP contribution is 2.33. The van der Waals surface area contributed by atoms with Crippen LogP contribution in [0, 0.1) is 6.92 Å². The van der Waals surface area contributed by atoms with Crippen molar-refractivity contribution in [2.24, 2.45) is 0 Å². The fourth-order valence-corrected chi connectivity index (χ4v) is 4.29. The molecule has 146 valence electrons. The number of rotatable bonds is 6. The first-order valence-corrected chi connectivity index (χ1v) is 10.6. The van der Waals surface area contributed by atoms with Crippen molar-refractivity contribution in [3.63, 3.8) is 0 Å². The quantitative estimate of drug-likeness (QED) is 0.444. The first kappa shape index (κ1) is 19.3. The van der Waals surface area contributed by atoms with Gasteiger partial charge in [0.2, 0.25) is 5.91 Å². The topological polar surface area (TPSA) is 54.9 Å². The highest BCUT2D eigenvalue weighted by atomic mass is 32.1. The third-order valence-corrected chi connectivity index (χ3v) is 6.09. The summed E-state index contributed by atoms with van der Waals surface area (Å²) in [6, 6.07) is 18.3. The summed E-state index contributed by atoms with van der Waals surface area (Å²) >= 11 is 1.57. The minimum absolute atomic E-state index is 0.0239. The van der Waals surface area contributed by atoms with Gasteiger partial charge in [0.25, 0.3) is 0 Å². The molecule has 0 unspecified atom stereocenters. The monoisotopic (exact) mass is 401 g/mol. The third-order valence-electron chi connectivity index (χ3n) is 5.08. The average Bonchev–Trinajstić information content (AvgIpc) is 3.18. The van der Waals surface area contributed by atoms with Crippen molar-refractivity contribution in [2.75, 3.05) is 5.32 Å². The van der Waals surface area contributed by atoms with E-state index in [1.807, 2.05) is 37.3 Å². The van der Waals surface area contributed by atoms with Crippen molar-refractivity contribution >= 4 is 33.3 Å². The lowest BCUT2D eigenvalue weighted by atomic mass is 10.1. The second-order valence-corrected chi connectivity index (χ2v) is 8.02. The Bertz CT molecular complexity index is 1120. The zero-order valence-electron chi connectivity index (χ0n) is 16.6. The Labute approximate surface area is 174 Å². The second-order valence-electron chi connectivity index (χ2n) is 7.04. The van der Waals surface area contributed by atoms with Gasteiger partial charge in [0.15, 0.2) is 0 Å². The van der Waals surface area contributed by atoms with E-state index < -0.39 is 0 Å². The molecule has 2 aromatic carbocycles. The third kappa shape index (κ3) is 4.35. The van der Waals surface area contributed by atoms with E-state index in [-0.39, 0.29) is 5.91 Å². The smallest absolute Gasteiger partial charge is 0.224 e. The van der Waals surface area contributed by atoms with Crippen LogP contribution in [-0.4, -0.2) is 15.9 Å². The first-order chi connectivity index (χ1) is 14.1. The van der Waals surface area contributed by atoms with E-state index in [0.29, 0.717) is 6.42 Å². The molecule has 0 atom stereocenters. The maximum absolute atomic E-state index is 12.5. The Kier molecular flexibility index (Phi) is 5.67. The van der Waals surface area contributed by atoms with Crippen molar-refractivity contribution < 1.29 is 4.79 Å². The molecule has 2 aromatic heterocycles. The number of hydrogen-bond acceptors (Lipinski definition) is 4. The Morgan fingerprint density at radius 3 is 2.59 bits per heavy atom. The van der Waals surface area contributed by atoms with E-state index >= 15 is 0 Å². The highest BCUT2D eigenvalue weighted by molar-refractivity contribution is 7.21. The summed E-state index contributed by atoms with van der Waals surface area (Å²) < 4.78 is 0. The number of thiazole rings is 1. The lowest BCUT2D eigenvalue weighted by Crippen LogP contribution is -2.13. The number of aryl methyl sites for hydroxylation is 2. The van der Waals surface area contributed by atoms with Crippen LogP contribution in [0.5, 0.6) is 0 Å². The van der Waals surface area contributed by atoms with Crippen molar-refractivity contribution in [1.29, 1.82) is 0 Å². The number of amides is 1. The largest absolute Gasteiger partial charge is 0.326 e. The van der Waals surface area contributed by atoms with Crippen LogP contribution >= 0.6 is 11.3 Å². The van der Waals surface area contributed by atoms with Gasteiger partial charge in [-0.25, -0.2) is 9.97 Å². The number of anilines is 1. The predicted octanol–water partition coefficient (Wildman–Crippen LogP) is 5.80. The van der Waals surface area contributed by atoms with Gasteiger partial charge in [-0.15, -0.1) is 0 Å². The molecule has 4 aromatic rings. The number of nitrogens with one attached hydrogen (secondary N) is 1. The summed E-state index contributed by atoms with van der Waals surface area (Å²) in [7, 11) is 0. The van der Waals surface area contributed by atoms with E-state index in [1.54, 1.807) is 17.5 Å². The second kappa shape index (κ2) is 8.53. The normalized spacial score (nSPS) is 11.0. The van der Waals surface area contributed by atoms with E-state index in [2.05, 4.69) is 41.5 Å². The Morgan fingerprint density at radius 2 is 1.83 bits per heavy atom. The molecule has 0 saturated heterocycles. The molecule has 0 fully saturated rings. The van der Waals surface area contributed by atoms with Gasteiger partial charge in [-0.05, 0) is 54.7 Å². The van der Waals surface area contributed by atoms with E-state index in [0.717, 1.165) is 45.0 Å². The van der Waals surface area contributed by atoms with Gasteiger partial charge in [-0.1, -0.05) is 54.7 Å². The minimum atomic E-state index is 0.0239. The molecule has 0 aliphatic heterocycles. The molecular formula is C24H23N3OS. The first-order valence-electron chi connectivity index (χ1n) is 9.83. The van der Waals surface area contributed by atoms with Gasteiger partial charge in [0.05, 0.1) is 0 Å². The molecule has 4 nitrogen and oxygen atoms in total. The summed E-state index contributed by atoms with van der Waals surface area (Å²) in [5.74, 6) is 0.0239. The van der Waals surface area contributed by atoms with Crippen molar-refractivity contribution in [2.45, 2.75) is 33.1 Å². The number of benzene rings is 2. The van der Waals surface area contributed by atoms with Crippen LogP contribution in [0.25, 0.3) is 20.9 Å². The fraction of sp³-hybridized carbons (Fsp3) is 0.208. The SMILES string of the molecule is CCc1ccc(CCC(=O)Nc2cccc(-c3nc4cccnc4s3)c2C)cc1. The van der Waals surface area contributed by atoms with Crippen molar-refractivity contribution in [3.8, 4) is 10.6 Å². The van der Waals surface area contributed by atoms with E-state index in [9.17, 15) is 4.79 Å². The molecule has 0 bridgehead atoms. The predicted molar refractivity (Wildman–Crippen MR) is 120 cm³/mol. The van der Waals surface area contributed by atoms with Crippen molar-refractivity contribution in [3.05, 3.63) is 77.5 Å². The summed E-state index contributed by atoms with van der Waals surface area (Å²) in [6.45, 7) is 4.16. The van der Waals surface area contributed by atoms with Gasteiger partial charge < -0.3 is 5.32 Å². The van der Waals surface area contributed by atoms with Crippen molar-refractivity contribution in [1.82, 2.24) is 9.97 Å². The number of carbonyl (C=O) groups excluding carboxylic acids is 1. The van der Waals surface area contributed by atoms with Crippen LogP contribution in [0.4, 0.5) is 5.69 Å². The molecule has 1 amide bonds. The van der Waals surface area contributed by atoms with Gasteiger partial charge in [-0.3, -0.25) is 4.79 Å². The van der Waals surface area contributed by atoms with Crippen LogP contribution < -0.4 is 5.32 Å². The average molecular weight is 402 g/mol. The van der Waals surface area contributed by atoms with Crippen LogP contribution in [-0.2, 0) is 17.6 Å². The van der Waals surface area contributed by atoms with E-state index in [1.165, 1.54) is 11.1 Å². The summed E-state index contributed by atoms with van der Waals surface area (Å²) in [5.41, 5.74) is 6.28. The molecular weight excluding hydrogens is 378 g/mol. The number of carbonyl (C=O) groups is 1. The minimum Gasteiger partial charge on any atom is -0.326 e. The molecule has 0 radical (unpaired) electrons. The number of hydrogen-bond donors (Lipinski definition) is 1. The van der Waals surface area contributed by atoms with E-state index in [4.69, 9.17) is 4.98 Å². The molecule has 1 N–H and O–H groups in total. The summed E-state index contributed by atoms with van der Waals surface area (Å²) in [6.07, 6.45) is 4.00. The maximum Gasteiger partial charge on any atom is 0.224 e. The lowest BCUT2D eigenvalue weighted by Gasteiger charge is -2.11. The van der Waals surface area contributed by atoms with Gasteiger partial charge in [0.1, 0.15) is 15.4 Å². The van der Waals surface area contributed by atoms with Crippen LogP contribution in [0.2, 0.25) is 0 Å². The number of nitrogens with zero attached hydrogens (tertiary/aromatic N) is 2. The Morgan fingerprint density at radius 1 is 1.03 bits per heavy atom. The van der Waals surface area contributed by atoms with Gasteiger partial charge >= 0.3 is 0 Å². The Balaban J connectivity index is 1.47. The summed E-state index contributed by atoms with van der Waals surface area (Å²) in [4.78, 5) is 22.5. The van der Waals surface area contributed by atoms with Gasteiger partial charge in [-0.2, -0.15) is 0 Å². The molecule has 29 heavy (non-hydrogen) atoms. The maximum atomic E-state index is 12.5. The molecule has 2 heterocycles. The molecule has 5 heteroatoms. The number of pyridine rings is 1. The van der Waals surface area contributed by atoms with Crippen LogP contribution in [0.3, 0.4) is 0 Å². The van der Waals surface area contributed by atoms with Gasteiger partial charge in [0, 0.05) is 23.9 Å².